The van der Waals surface area contributed by atoms with Gasteiger partial charge in [0, 0.05) is 33.4 Å². The summed E-state index contributed by atoms with van der Waals surface area (Å²) in [5.74, 6) is 0.354. The summed E-state index contributed by atoms with van der Waals surface area (Å²) < 4.78 is 0. The highest BCUT2D eigenvalue weighted by atomic mass is 16.1. The van der Waals surface area contributed by atoms with E-state index < -0.39 is 0 Å². The Hall–Kier alpha value is -4.11. The van der Waals surface area contributed by atoms with E-state index in [1.807, 2.05) is 0 Å². The van der Waals surface area contributed by atoms with Crippen molar-refractivity contribution >= 4 is 28.5 Å². The quantitative estimate of drug-likeness (QED) is 0.268. The third-order valence-corrected chi connectivity index (χ3v) is 10.9. The summed E-state index contributed by atoms with van der Waals surface area (Å²) in [7, 11) is 0. The van der Waals surface area contributed by atoms with Crippen molar-refractivity contribution in [1.82, 2.24) is 0 Å². The summed E-state index contributed by atoms with van der Waals surface area (Å²) in [6, 6.07) is 8.70. The first-order valence-electron chi connectivity index (χ1n) is 19.6. The third kappa shape index (κ3) is 7.84. The van der Waals surface area contributed by atoms with Gasteiger partial charge in [-0.15, -0.1) is 0 Å². The predicted molar refractivity (Wildman–Crippen MR) is 227 cm³/mol. The number of carbonyl (C=O) groups excluding carboxylic acids is 3. The van der Waals surface area contributed by atoms with Gasteiger partial charge in [-0.25, -0.2) is 0 Å². The van der Waals surface area contributed by atoms with Crippen molar-refractivity contribution in [2.24, 2.45) is 32.5 Å². The summed E-state index contributed by atoms with van der Waals surface area (Å²) in [4.78, 5) is 41.7. The van der Waals surface area contributed by atoms with Crippen LogP contribution in [0.15, 0.2) is 116 Å². The van der Waals surface area contributed by atoms with E-state index in [1.165, 1.54) is 0 Å². The lowest BCUT2D eigenvalue weighted by atomic mass is 9.71. The molecule has 54 heavy (non-hydrogen) atoms. The third-order valence-electron chi connectivity index (χ3n) is 10.9. The zero-order valence-corrected chi connectivity index (χ0v) is 36.5. The molecule has 0 bridgehead atoms. The van der Waals surface area contributed by atoms with Gasteiger partial charge in [-0.1, -0.05) is 149 Å². The van der Waals surface area contributed by atoms with E-state index in [-0.39, 0.29) is 49.8 Å². The topological polar surface area (TPSA) is 51.2 Å². The molecule has 0 spiro atoms. The molecule has 0 saturated heterocycles. The Morgan fingerprint density at radius 2 is 0.481 bits per heavy atom. The number of hydrogen-bond donors (Lipinski definition) is 0. The minimum Gasteiger partial charge on any atom is -0.289 e. The molecule has 4 aliphatic rings. The molecule has 3 heteroatoms. The Kier molecular flexibility index (Phi) is 9.88. The molecule has 1 saturated carbocycles. The van der Waals surface area contributed by atoms with Crippen LogP contribution in [0.1, 0.15) is 125 Å². The van der Waals surface area contributed by atoms with E-state index in [2.05, 4.69) is 185 Å². The summed E-state index contributed by atoms with van der Waals surface area (Å²) in [6.07, 6.45) is 12.6. The second kappa shape index (κ2) is 13.0. The number of benzene rings is 1. The van der Waals surface area contributed by atoms with Crippen LogP contribution in [0.3, 0.4) is 0 Å². The second-order valence-corrected chi connectivity index (χ2v) is 21.9. The van der Waals surface area contributed by atoms with Crippen molar-refractivity contribution in [2.45, 2.75) is 125 Å². The maximum atomic E-state index is 14.0. The van der Waals surface area contributed by atoms with Crippen LogP contribution in [0.5, 0.6) is 0 Å². The van der Waals surface area contributed by atoms with Crippen molar-refractivity contribution in [3.05, 3.63) is 127 Å². The molecule has 3 nitrogen and oxygen atoms in total. The Bertz CT molecular complexity index is 2040. The van der Waals surface area contributed by atoms with Gasteiger partial charge in [0.05, 0.1) is 0 Å². The fourth-order valence-electron chi connectivity index (χ4n) is 7.57. The average molecular weight is 725 g/mol. The standard InChI is InChI=1S/C51H64O3/c1-46(2,3)34-23-31(24-35(43(34)52)47(4,5)6)29-19-21-30(22-20-29)40-41(32-25-36(48(7,8)9)44(53)37(26-32)49(10,11)12)42(40)33-27-38(50(13,14)15)45(54)39(28-33)51(16,17)18/h19-28H,1-18H3. The maximum Gasteiger partial charge on any atom is 0.186 e. The zero-order chi connectivity index (χ0) is 40.9. The van der Waals surface area contributed by atoms with Gasteiger partial charge in [-0.2, -0.15) is 0 Å². The molecule has 0 aromatic heterocycles. The van der Waals surface area contributed by atoms with E-state index in [4.69, 9.17) is 0 Å². The molecular weight excluding hydrogens is 661 g/mol. The van der Waals surface area contributed by atoms with Crippen molar-refractivity contribution < 1.29 is 14.4 Å². The van der Waals surface area contributed by atoms with Crippen molar-refractivity contribution in [2.75, 3.05) is 0 Å². The molecule has 0 unspecified atom stereocenters. The molecule has 286 valence electrons. The first-order chi connectivity index (χ1) is 24.3. The van der Waals surface area contributed by atoms with Gasteiger partial charge >= 0.3 is 0 Å². The van der Waals surface area contributed by atoms with Crippen LogP contribution in [0.4, 0.5) is 0 Å². The number of rotatable bonds is 0. The fourth-order valence-corrected chi connectivity index (χ4v) is 7.57. The molecular formula is C51H64O3. The van der Waals surface area contributed by atoms with E-state index in [9.17, 15) is 14.4 Å². The largest absolute Gasteiger partial charge is 0.289 e. The molecule has 5 rings (SSSR count). The Balaban J connectivity index is 1.91. The number of Topliss-reactive ketones (excluding diaryl/α,β-unsaturated/α-hetero) is 3. The molecule has 0 atom stereocenters. The lowest BCUT2D eigenvalue weighted by molar-refractivity contribution is -0.114. The SMILES string of the molecule is CC(C)(C)C1=CC(=C2C(=C3C=C(C(C)(C)C)C(=O)C(C(C)(C)C)=C3)C2=c2ccc(=C3C=C(C(C)(C)C)C(=O)C(C(C)(C)C)=C3)cc2)C=C(C(C)(C)C)C1=O. The highest BCUT2D eigenvalue weighted by molar-refractivity contribution is 6.17. The summed E-state index contributed by atoms with van der Waals surface area (Å²) >= 11 is 0. The Labute approximate surface area is 325 Å². The van der Waals surface area contributed by atoms with Crippen molar-refractivity contribution in [3.63, 3.8) is 0 Å². The number of allylic oxidation sites excluding steroid dienone is 16. The van der Waals surface area contributed by atoms with Crippen LogP contribution in [-0.2, 0) is 14.4 Å². The summed E-state index contributed by atoms with van der Waals surface area (Å²) in [5, 5.41) is 2.14. The van der Waals surface area contributed by atoms with E-state index >= 15 is 0 Å². The molecule has 4 aliphatic carbocycles. The zero-order valence-electron chi connectivity index (χ0n) is 36.5. The number of hydrogen-bond acceptors (Lipinski definition) is 3. The maximum absolute atomic E-state index is 14.0. The van der Waals surface area contributed by atoms with Crippen molar-refractivity contribution in [3.8, 4) is 0 Å². The van der Waals surface area contributed by atoms with Crippen LogP contribution < -0.4 is 10.4 Å². The lowest BCUT2D eigenvalue weighted by Crippen LogP contribution is -2.28. The minimum absolute atomic E-state index is 0.113. The van der Waals surface area contributed by atoms with E-state index in [0.29, 0.717) is 0 Å². The first-order valence-corrected chi connectivity index (χ1v) is 19.6. The van der Waals surface area contributed by atoms with Gasteiger partial charge in [0.1, 0.15) is 0 Å². The van der Waals surface area contributed by atoms with Crippen LogP contribution in [0.25, 0.3) is 11.1 Å². The van der Waals surface area contributed by atoms with Crippen LogP contribution in [-0.4, -0.2) is 17.3 Å². The highest BCUT2D eigenvalue weighted by Crippen LogP contribution is 2.54. The van der Waals surface area contributed by atoms with Crippen molar-refractivity contribution in [1.29, 1.82) is 0 Å². The Morgan fingerprint density at radius 3 is 0.704 bits per heavy atom. The van der Waals surface area contributed by atoms with Gasteiger partial charge in [-0.3, -0.25) is 14.4 Å². The summed E-state index contributed by atoms with van der Waals surface area (Å²) in [5.41, 5.74) is 9.44. The molecule has 0 heterocycles. The molecule has 1 aromatic rings. The number of carbonyl (C=O) groups is 3. The first kappa shape index (κ1) is 41.1. The van der Waals surface area contributed by atoms with E-state index in [1.54, 1.807) is 0 Å². The second-order valence-electron chi connectivity index (χ2n) is 21.9. The lowest BCUT2D eigenvalue weighted by Gasteiger charge is -2.31. The molecule has 1 fully saturated rings. The normalized spacial score (nSPS) is 19.5. The van der Waals surface area contributed by atoms with Crippen LogP contribution in [0, 0.1) is 32.5 Å². The minimum atomic E-state index is -0.342. The molecule has 0 N–H and O–H groups in total. The Morgan fingerprint density at radius 1 is 0.278 bits per heavy atom. The fraction of sp³-hybridized carbons (Fsp3) is 0.471. The predicted octanol–water partition coefficient (Wildman–Crippen LogP) is 11.2. The average Bonchev–Trinajstić information content (AvgIpc) is 3.73. The van der Waals surface area contributed by atoms with E-state index in [0.717, 1.165) is 77.3 Å². The molecule has 0 amide bonds. The van der Waals surface area contributed by atoms with Gasteiger partial charge in [0.15, 0.2) is 17.3 Å². The van der Waals surface area contributed by atoms with Gasteiger partial charge in [0.2, 0.25) is 0 Å². The van der Waals surface area contributed by atoms with Crippen LogP contribution in [0.2, 0.25) is 0 Å². The van der Waals surface area contributed by atoms with Gasteiger partial charge in [-0.05, 0) is 113 Å². The van der Waals surface area contributed by atoms with Crippen LogP contribution >= 0.6 is 0 Å². The monoisotopic (exact) mass is 724 g/mol. The molecule has 0 radical (unpaired) electrons. The van der Waals surface area contributed by atoms with Gasteiger partial charge < -0.3 is 0 Å². The number of ketones is 3. The molecule has 1 aromatic carbocycles. The smallest absolute Gasteiger partial charge is 0.186 e. The highest BCUT2D eigenvalue weighted by Gasteiger charge is 2.42. The van der Waals surface area contributed by atoms with Gasteiger partial charge in [0.25, 0.3) is 0 Å². The molecule has 0 aliphatic heterocycles. The summed E-state index contributed by atoms with van der Waals surface area (Å²) in [6.45, 7) is 37.9.